The SMILES string of the molecule is O=C1C=CC(=O)C(S)=C1. The lowest BCUT2D eigenvalue weighted by Gasteiger charge is -1.95. The normalized spacial score (nSPS) is 18.1. The number of allylic oxidation sites excluding steroid dienone is 4. The van der Waals surface area contributed by atoms with Crippen LogP contribution in [-0.4, -0.2) is 11.6 Å². The van der Waals surface area contributed by atoms with E-state index in [1.807, 2.05) is 0 Å². The van der Waals surface area contributed by atoms with E-state index in [9.17, 15) is 9.59 Å². The maximum atomic E-state index is 10.6. The van der Waals surface area contributed by atoms with Gasteiger partial charge in [0, 0.05) is 6.08 Å². The summed E-state index contributed by atoms with van der Waals surface area (Å²) in [5, 5.41) is 0. The van der Waals surface area contributed by atoms with Gasteiger partial charge >= 0.3 is 0 Å². The van der Waals surface area contributed by atoms with Crippen molar-refractivity contribution in [1.82, 2.24) is 0 Å². The van der Waals surface area contributed by atoms with Gasteiger partial charge in [0.15, 0.2) is 11.6 Å². The van der Waals surface area contributed by atoms with Crippen molar-refractivity contribution in [2.24, 2.45) is 0 Å². The molecular weight excluding hydrogens is 136 g/mol. The summed E-state index contributed by atoms with van der Waals surface area (Å²) in [6.07, 6.45) is 3.64. The summed E-state index contributed by atoms with van der Waals surface area (Å²) in [6.45, 7) is 0. The Hall–Kier alpha value is -0.830. The van der Waals surface area contributed by atoms with Crippen LogP contribution in [0.5, 0.6) is 0 Å². The Kier molecular flexibility index (Phi) is 1.53. The first-order chi connectivity index (χ1) is 4.20. The van der Waals surface area contributed by atoms with E-state index in [1.165, 1.54) is 18.2 Å². The second-order valence-electron chi connectivity index (χ2n) is 1.63. The molecule has 0 atom stereocenters. The summed E-state index contributed by atoms with van der Waals surface area (Å²) in [5.74, 6) is -0.391. The fourth-order valence-electron chi connectivity index (χ4n) is 0.497. The third-order valence-corrected chi connectivity index (χ3v) is 1.28. The number of hydrogen-bond acceptors (Lipinski definition) is 3. The summed E-state index contributed by atoms with van der Waals surface area (Å²) >= 11 is 3.76. The van der Waals surface area contributed by atoms with Crippen molar-refractivity contribution in [2.45, 2.75) is 0 Å². The molecule has 0 heterocycles. The average molecular weight is 140 g/mol. The molecule has 9 heavy (non-hydrogen) atoms. The Bertz CT molecular complexity index is 225. The highest BCUT2D eigenvalue weighted by Gasteiger charge is 2.07. The van der Waals surface area contributed by atoms with Crippen LogP contribution in [0.2, 0.25) is 0 Å². The minimum absolute atomic E-state index is 0.181. The second-order valence-corrected chi connectivity index (χ2v) is 2.11. The van der Waals surface area contributed by atoms with Gasteiger partial charge in [0.1, 0.15) is 0 Å². The molecule has 0 aromatic heterocycles. The fourth-order valence-corrected chi connectivity index (χ4v) is 0.699. The summed E-state index contributed by atoms with van der Waals surface area (Å²) < 4.78 is 0. The van der Waals surface area contributed by atoms with Crippen LogP contribution in [0, 0.1) is 0 Å². The molecule has 0 saturated carbocycles. The van der Waals surface area contributed by atoms with Gasteiger partial charge in [-0.1, -0.05) is 0 Å². The molecule has 2 nitrogen and oxygen atoms in total. The highest BCUT2D eigenvalue weighted by Crippen LogP contribution is 2.07. The predicted molar refractivity (Wildman–Crippen MR) is 36.2 cm³/mol. The molecule has 0 fully saturated rings. The Morgan fingerprint density at radius 2 is 1.89 bits per heavy atom. The lowest BCUT2D eigenvalue weighted by molar-refractivity contribution is -0.114. The van der Waals surface area contributed by atoms with Crippen molar-refractivity contribution in [3.05, 3.63) is 23.1 Å². The molecule has 0 amide bonds. The Balaban J connectivity index is 2.95. The molecule has 1 rings (SSSR count). The smallest absolute Gasteiger partial charge is 0.192 e. The maximum absolute atomic E-state index is 10.6. The molecule has 0 saturated heterocycles. The third kappa shape index (κ3) is 1.29. The molecule has 0 bridgehead atoms. The number of ketones is 2. The van der Waals surface area contributed by atoms with Crippen LogP contribution in [0.1, 0.15) is 0 Å². The fraction of sp³-hybridized carbons (Fsp3) is 0. The molecule has 0 aromatic rings. The van der Waals surface area contributed by atoms with E-state index in [0.717, 1.165) is 0 Å². The van der Waals surface area contributed by atoms with Gasteiger partial charge in [-0.25, -0.2) is 0 Å². The molecule has 1 aliphatic rings. The summed E-state index contributed by atoms with van der Waals surface area (Å²) in [7, 11) is 0. The molecule has 0 aliphatic heterocycles. The van der Waals surface area contributed by atoms with Crippen molar-refractivity contribution in [2.75, 3.05) is 0 Å². The van der Waals surface area contributed by atoms with E-state index in [4.69, 9.17) is 0 Å². The minimum atomic E-state index is -0.210. The zero-order valence-electron chi connectivity index (χ0n) is 4.50. The zero-order valence-corrected chi connectivity index (χ0v) is 5.39. The first-order valence-corrected chi connectivity index (χ1v) is 2.82. The topological polar surface area (TPSA) is 34.1 Å². The lowest BCUT2D eigenvalue weighted by atomic mass is 10.2. The molecule has 3 heteroatoms. The van der Waals surface area contributed by atoms with Crippen LogP contribution in [-0.2, 0) is 9.59 Å². The molecule has 0 radical (unpaired) electrons. The van der Waals surface area contributed by atoms with Gasteiger partial charge in [-0.05, 0) is 12.2 Å². The monoisotopic (exact) mass is 140 g/mol. The summed E-state index contributed by atoms with van der Waals surface area (Å²) in [6, 6.07) is 0. The predicted octanol–water partition coefficient (Wildman–Crippen LogP) is 0.508. The molecule has 0 unspecified atom stereocenters. The maximum Gasteiger partial charge on any atom is 0.192 e. The minimum Gasteiger partial charge on any atom is -0.290 e. The van der Waals surface area contributed by atoms with E-state index < -0.39 is 0 Å². The van der Waals surface area contributed by atoms with Gasteiger partial charge in [-0.15, -0.1) is 12.6 Å². The van der Waals surface area contributed by atoms with Crippen LogP contribution < -0.4 is 0 Å². The van der Waals surface area contributed by atoms with Crippen LogP contribution in [0.4, 0.5) is 0 Å². The highest BCUT2D eigenvalue weighted by molar-refractivity contribution is 7.85. The van der Waals surface area contributed by atoms with Crippen LogP contribution in [0.15, 0.2) is 23.1 Å². The number of carbonyl (C=O) groups excluding carboxylic acids is 2. The van der Waals surface area contributed by atoms with Crippen molar-refractivity contribution < 1.29 is 9.59 Å². The number of carbonyl (C=O) groups is 2. The van der Waals surface area contributed by atoms with Gasteiger partial charge in [-0.3, -0.25) is 9.59 Å². The Morgan fingerprint density at radius 1 is 1.22 bits per heavy atom. The first-order valence-electron chi connectivity index (χ1n) is 2.37. The van der Waals surface area contributed by atoms with E-state index >= 15 is 0 Å². The van der Waals surface area contributed by atoms with Crippen molar-refractivity contribution in [3.8, 4) is 0 Å². The Morgan fingerprint density at radius 3 is 2.33 bits per heavy atom. The van der Waals surface area contributed by atoms with Crippen molar-refractivity contribution >= 4 is 24.2 Å². The number of rotatable bonds is 0. The Labute approximate surface area is 57.7 Å². The quantitative estimate of drug-likeness (QED) is 0.393. The standard InChI is InChI=1S/C6H4O2S/c7-4-1-2-5(8)6(9)3-4/h1-3,9H. The van der Waals surface area contributed by atoms with Gasteiger partial charge in [0.2, 0.25) is 0 Å². The van der Waals surface area contributed by atoms with Gasteiger partial charge in [-0.2, -0.15) is 0 Å². The molecule has 0 spiro atoms. The first kappa shape index (κ1) is 6.29. The van der Waals surface area contributed by atoms with Crippen LogP contribution in [0.25, 0.3) is 0 Å². The molecule has 1 aliphatic carbocycles. The number of hydrogen-bond donors (Lipinski definition) is 1. The highest BCUT2D eigenvalue weighted by atomic mass is 32.1. The molecule has 0 aromatic carbocycles. The molecular formula is C6H4O2S. The molecule has 0 N–H and O–H groups in total. The van der Waals surface area contributed by atoms with E-state index in [-0.39, 0.29) is 16.5 Å². The summed E-state index contributed by atoms with van der Waals surface area (Å²) in [4.78, 5) is 21.2. The largest absolute Gasteiger partial charge is 0.290 e. The zero-order chi connectivity index (χ0) is 6.85. The van der Waals surface area contributed by atoms with E-state index in [2.05, 4.69) is 12.6 Å². The lowest BCUT2D eigenvalue weighted by Crippen LogP contribution is -2.02. The van der Waals surface area contributed by atoms with Gasteiger partial charge in [0.25, 0.3) is 0 Å². The third-order valence-electron chi connectivity index (χ3n) is 0.930. The van der Waals surface area contributed by atoms with Crippen LogP contribution >= 0.6 is 12.6 Å². The van der Waals surface area contributed by atoms with Gasteiger partial charge in [0.05, 0.1) is 4.91 Å². The second kappa shape index (κ2) is 2.19. The van der Waals surface area contributed by atoms with E-state index in [1.54, 1.807) is 0 Å². The van der Waals surface area contributed by atoms with E-state index in [0.29, 0.717) is 0 Å². The van der Waals surface area contributed by atoms with Gasteiger partial charge < -0.3 is 0 Å². The average Bonchev–Trinajstić information content (AvgIpc) is 1.80. The number of thiol groups is 1. The van der Waals surface area contributed by atoms with Crippen molar-refractivity contribution in [1.29, 1.82) is 0 Å². The molecule has 46 valence electrons. The van der Waals surface area contributed by atoms with Crippen molar-refractivity contribution in [3.63, 3.8) is 0 Å². The van der Waals surface area contributed by atoms with Crippen LogP contribution in [0.3, 0.4) is 0 Å². The summed E-state index contributed by atoms with van der Waals surface area (Å²) in [5.41, 5.74) is 0.